The molecule has 17 heavy (non-hydrogen) atoms. The topological polar surface area (TPSA) is 21.7 Å². The van der Waals surface area contributed by atoms with Gasteiger partial charge in [0.15, 0.2) is 11.5 Å². The monoisotopic (exact) mass is 235 g/mol. The van der Waals surface area contributed by atoms with Gasteiger partial charge in [-0.25, -0.2) is 0 Å². The van der Waals surface area contributed by atoms with Gasteiger partial charge in [-0.1, -0.05) is 13.0 Å². The van der Waals surface area contributed by atoms with E-state index in [0.717, 1.165) is 24.6 Å². The van der Waals surface area contributed by atoms with E-state index in [9.17, 15) is 0 Å². The van der Waals surface area contributed by atoms with Gasteiger partial charge in [0.25, 0.3) is 0 Å². The second-order valence-corrected chi connectivity index (χ2v) is 4.49. The van der Waals surface area contributed by atoms with Gasteiger partial charge in [-0.2, -0.15) is 0 Å². The zero-order valence-electron chi connectivity index (χ0n) is 10.9. The molecule has 0 bridgehead atoms. The number of hydrogen-bond acceptors (Lipinski definition) is 3. The van der Waals surface area contributed by atoms with Crippen molar-refractivity contribution in [2.24, 2.45) is 0 Å². The highest BCUT2D eigenvalue weighted by Gasteiger charge is 2.23. The maximum Gasteiger partial charge on any atom is 0.160 e. The first-order valence-corrected chi connectivity index (χ1v) is 6.22. The molecule has 1 aromatic rings. The summed E-state index contributed by atoms with van der Waals surface area (Å²) in [6.45, 7) is 5.72. The molecule has 3 heteroatoms. The van der Waals surface area contributed by atoms with E-state index in [0.29, 0.717) is 5.92 Å². The van der Waals surface area contributed by atoms with Gasteiger partial charge in [-0.05, 0) is 43.1 Å². The molecule has 1 aromatic carbocycles. The Hall–Kier alpha value is -1.22. The van der Waals surface area contributed by atoms with Crippen LogP contribution in [0.1, 0.15) is 24.8 Å². The summed E-state index contributed by atoms with van der Waals surface area (Å²) >= 11 is 0. The molecular formula is C14H21NO2. The minimum atomic E-state index is 0.634. The molecule has 0 radical (unpaired) electrons. The lowest BCUT2D eigenvalue weighted by atomic mass is 9.98. The predicted octanol–water partition coefficient (Wildman–Crippen LogP) is 2.51. The SMILES string of the molecule is CCN1CCC(c2ccc(OC)c(OC)c2)C1. The maximum absolute atomic E-state index is 5.35. The highest BCUT2D eigenvalue weighted by atomic mass is 16.5. The van der Waals surface area contributed by atoms with Gasteiger partial charge in [0.05, 0.1) is 14.2 Å². The predicted molar refractivity (Wildman–Crippen MR) is 69.0 cm³/mol. The van der Waals surface area contributed by atoms with Crippen LogP contribution in [0.2, 0.25) is 0 Å². The van der Waals surface area contributed by atoms with Gasteiger partial charge in [-0.3, -0.25) is 0 Å². The van der Waals surface area contributed by atoms with E-state index in [-0.39, 0.29) is 0 Å². The minimum absolute atomic E-state index is 0.634. The highest BCUT2D eigenvalue weighted by molar-refractivity contribution is 5.44. The molecule has 1 heterocycles. The van der Waals surface area contributed by atoms with E-state index in [1.165, 1.54) is 18.5 Å². The third-order valence-electron chi connectivity index (χ3n) is 3.60. The van der Waals surface area contributed by atoms with Crippen LogP contribution >= 0.6 is 0 Å². The third kappa shape index (κ3) is 2.55. The zero-order chi connectivity index (χ0) is 12.3. The molecular weight excluding hydrogens is 214 g/mol. The number of likely N-dealkylation sites (tertiary alicyclic amines) is 1. The highest BCUT2D eigenvalue weighted by Crippen LogP contribution is 2.34. The average Bonchev–Trinajstić information content (AvgIpc) is 2.86. The molecule has 0 amide bonds. The van der Waals surface area contributed by atoms with Crippen molar-refractivity contribution in [3.63, 3.8) is 0 Å². The molecule has 1 atom stereocenters. The third-order valence-corrected chi connectivity index (χ3v) is 3.60. The fraction of sp³-hybridized carbons (Fsp3) is 0.571. The first kappa shape index (κ1) is 12.2. The van der Waals surface area contributed by atoms with Gasteiger partial charge in [0.1, 0.15) is 0 Å². The Labute approximate surface area is 103 Å². The van der Waals surface area contributed by atoms with Crippen LogP contribution in [0.4, 0.5) is 0 Å². The Morgan fingerprint density at radius 3 is 2.59 bits per heavy atom. The summed E-state index contributed by atoms with van der Waals surface area (Å²) in [6, 6.07) is 6.27. The Kier molecular flexibility index (Phi) is 3.89. The molecule has 94 valence electrons. The normalized spacial score (nSPS) is 20.5. The number of rotatable bonds is 4. The fourth-order valence-corrected chi connectivity index (χ4v) is 2.50. The smallest absolute Gasteiger partial charge is 0.160 e. The molecule has 1 unspecified atom stereocenters. The van der Waals surface area contributed by atoms with Gasteiger partial charge in [0.2, 0.25) is 0 Å². The molecule has 1 saturated heterocycles. The largest absolute Gasteiger partial charge is 0.493 e. The summed E-state index contributed by atoms with van der Waals surface area (Å²) in [5.41, 5.74) is 1.36. The van der Waals surface area contributed by atoms with Crippen LogP contribution in [-0.2, 0) is 0 Å². The first-order valence-electron chi connectivity index (χ1n) is 6.22. The Morgan fingerprint density at radius 1 is 1.24 bits per heavy atom. The second kappa shape index (κ2) is 5.41. The Morgan fingerprint density at radius 2 is 2.00 bits per heavy atom. The standard InChI is InChI=1S/C14H21NO2/c1-4-15-8-7-12(10-15)11-5-6-13(16-2)14(9-11)17-3/h5-6,9,12H,4,7-8,10H2,1-3H3. The molecule has 1 fully saturated rings. The van der Waals surface area contributed by atoms with Crippen LogP contribution in [0.15, 0.2) is 18.2 Å². The maximum atomic E-state index is 5.35. The molecule has 1 aliphatic rings. The molecule has 3 nitrogen and oxygen atoms in total. The number of nitrogens with zero attached hydrogens (tertiary/aromatic N) is 1. The van der Waals surface area contributed by atoms with E-state index in [4.69, 9.17) is 9.47 Å². The van der Waals surface area contributed by atoms with Crippen LogP contribution in [0.3, 0.4) is 0 Å². The second-order valence-electron chi connectivity index (χ2n) is 4.49. The lowest BCUT2D eigenvalue weighted by Gasteiger charge is -2.15. The van der Waals surface area contributed by atoms with Gasteiger partial charge in [0, 0.05) is 6.54 Å². The van der Waals surface area contributed by atoms with Crippen LogP contribution in [0.25, 0.3) is 0 Å². The number of benzene rings is 1. The van der Waals surface area contributed by atoms with Crippen molar-refractivity contribution in [3.8, 4) is 11.5 Å². The number of hydrogen-bond donors (Lipinski definition) is 0. The van der Waals surface area contributed by atoms with Crippen LogP contribution in [-0.4, -0.2) is 38.8 Å². The molecule has 0 aromatic heterocycles. The quantitative estimate of drug-likeness (QED) is 0.800. The Balaban J connectivity index is 2.16. The van der Waals surface area contributed by atoms with E-state index in [1.54, 1.807) is 14.2 Å². The van der Waals surface area contributed by atoms with E-state index >= 15 is 0 Å². The number of likely N-dealkylation sites (N-methyl/N-ethyl adjacent to an activating group) is 1. The zero-order valence-corrected chi connectivity index (χ0v) is 10.9. The van der Waals surface area contributed by atoms with Crippen LogP contribution < -0.4 is 9.47 Å². The lowest BCUT2D eigenvalue weighted by molar-refractivity contribution is 0.350. The van der Waals surface area contributed by atoms with Crippen LogP contribution in [0, 0.1) is 0 Å². The lowest BCUT2D eigenvalue weighted by Crippen LogP contribution is -2.19. The fourth-order valence-electron chi connectivity index (χ4n) is 2.50. The van der Waals surface area contributed by atoms with E-state index < -0.39 is 0 Å². The summed E-state index contributed by atoms with van der Waals surface area (Å²) in [5.74, 6) is 2.27. The summed E-state index contributed by atoms with van der Waals surface area (Å²) in [6.07, 6.45) is 1.24. The molecule has 2 rings (SSSR count). The average molecular weight is 235 g/mol. The van der Waals surface area contributed by atoms with Gasteiger partial charge >= 0.3 is 0 Å². The molecule has 0 saturated carbocycles. The summed E-state index contributed by atoms with van der Waals surface area (Å²) in [4.78, 5) is 2.49. The van der Waals surface area contributed by atoms with Crippen molar-refractivity contribution in [2.75, 3.05) is 33.9 Å². The van der Waals surface area contributed by atoms with Crippen molar-refractivity contribution >= 4 is 0 Å². The van der Waals surface area contributed by atoms with Crippen molar-refractivity contribution in [3.05, 3.63) is 23.8 Å². The van der Waals surface area contributed by atoms with Crippen molar-refractivity contribution in [2.45, 2.75) is 19.3 Å². The minimum Gasteiger partial charge on any atom is -0.493 e. The Bertz CT molecular complexity index is 378. The molecule has 0 N–H and O–H groups in total. The summed E-state index contributed by atoms with van der Waals surface area (Å²) < 4.78 is 10.6. The van der Waals surface area contributed by atoms with Crippen LogP contribution in [0.5, 0.6) is 11.5 Å². The first-order chi connectivity index (χ1) is 8.28. The van der Waals surface area contributed by atoms with Crippen molar-refractivity contribution < 1.29 is 9.47 Å². The number of ether oxygens (including phenoxy) is 2. The molecule has 0 aliphatic carbocycles. The van der Waals surface area contributed by atoms with E-state index in [2.05, 4.69) is 24.0 Å². The van der Waals surface area contributed by atoms with Gasteiger partial charge in [-0.15, -0.1) is 0 Å². The number of methoxy groups -OCH3 is 2. The van der Waals surface area contributed by atoms with Crippen molar-refractivity contribution in [1.82, 2.24) is 4.90 Å². The van der Waals surface area contributed by atoms with Gasteiger partial charge < -0.3 is 14.4 Å². The molecule has 1 aliphatic heterocycles. The molecule has 0 spiro atoms. The summed E-state index contributed by atoms with van der Waals surface area (Å²) in [7, 11) is 3.36. The van der Waals surface area contributed by atoms with E-state index in [1.807, 2.05) is 6.07 Å². The summed E-state index contributed by atoms with van der Waals surface area (Å²) in [5, 5.41) is 0. The van der Waals surface area contributed by atoms with Crippen molar-refractivity contribution in [1.29, 1.82) is 0 Å².